The first-order valence-corrected chi connectivity index (χ1v) is 4.84. The van der Waals surface area contributed by atoms with Crippen molar-refractivity contribution in [1.29, 1.82) is 0 Å². The number of ether oxygens (including phenoxy) is 1. The number of carbonyl (C=O) groups is 2. The molecular formula is C10H11N3O3. The molecule has 0 atom stereocenters. The number of rotatable bonds is 4. The predicted molar refractivity (Wildman–Crippen MR) is 54.9 cm³/mol. The molecule has 1 aliphatic carbocycles. The summed E-state index contributed by atoms with van der Waals surface area (Å²) in [4.78, 5) is 25.8. The molecule has 0 saturated heterocycles. The second-order valence-electron chi connectivity index (χ2n) is 3.62. The van der Waals surface area contributed by atoms with E-state index in [0.717, 1.165) is 12.8 Å². The van der Waals surface area contributed by atoms with E-state index in [2.05, 4.69) is 4.98 Å². The molecular weight excluding hydrogens is 210 g/mol. The topological polar surface area (TPSA) is 108 Å². The van der Waals surface area contributed by atoms with Crippen molar-refractivity contribution in [3.63, 3.8) is 0 Å². The lowest BCUT2D eigenvalue weighted by molar-refractivity contribution is 0.0979. The summed E-state index contributed by atoms with van der Waals surface area (Å²) in [5.41, 5.74) is 10.5. The molecule has 1 aromatic heterocycles. The van der Waals surface area contributed by atoms with Gasteiger partial charge in [-0.15, -0.1) is 0 Å². The lowest BCUT2D eigenvalue weighted by Crippen LogP contribution is -2.18. The molecule has 0 radical (unpaired) electrons. The third kappa shape index (κ3) is 2.10. The van der Waals surface area contributed by atoms with Crippen molar-refractivity contribution >= 4 is 11.8 Å². The van der Waals surface area contributed by atoms with E-state index in [1.54, 1.807) is 0 Å². The second kappa shape index (κ2) is 3.80. The average molecular weight is 221 g/mol. The largest absolute Gasteiger partial charge is 0.488 e. The van der Waals surface area contributed by atoms with Crippen LogP contribution in [-0.4, -0.2) is 22.9 Å². The summed E-state index contributed by atoms with van der Waals surface area (Å²) < 4.78 is 5.44. The Balaban J connectivity index is 2.37. The quantitative estimate of drug-likeness (QED) is 0.735. The highest BCUT2D eigenvalue weighted by Gasteiger charge is 2.26. The van der Waals surface area contributed by atoms with Crippen LogP contribution in [0.1, 0.15) is 33.7 Å². The van der Waals surface area contributed by atoms with E-state index in [9.17, 15) is 9.59 Å². The molecule has 1 saturated carbocycles. The van der Waals surface area contributed by atoms with E-state index in [0.29, 0.717) is 0 Å². The number of aromatic nitrogens is 1. The summed E-state index contributed by atoms with van der Waals surface area (Å²) in [6, 6.07) is 1.40. The van der Waals surface area contributed by atoms with Gasteiger partial charge in [-0.1, -0.05) is 0 Å². The lowest BCUT2D eigenvalue weighted by Gasteiger charge is -2.08. The van der Waals surface area contributed by atoms with Crippen LogP contribution in [0.15, 0.2) is 12.3 Å². The van der Waals surface area contributed by atoms with Gasteiger partial charge in [-0.2, -0.15) is 0 Å². The molecule has 1 heterocycles. The van der Waals surface area contributed by atoms with E-state index < -0.39 is 11.8 Å². The Kier molecular flexibility index (Phi) is 2.47. The van der Waals surface area contributed by atoms with Gasteiger partial charge in [0.2, 0.25) is 5.91 Å². The zero-order valence-corrected chi connectivity index (χ0v) is 8.47. The molecule has 2 amide bonds. The summed E-state index contributed by atoms with van der Waals surface area (Å²) >= 11 is 0. The molecule has 0 aromatic carbocycles. The Labute approximate surface area is 91.6 Å². The lowest BCUT2D eigenvalue weighted by atomic mass is 10.2. The molecule has 0 bridgehead atoms. The maximum Gasteiger partial charge on any atom is 0.271 e. The van der Waals surface area contributed by atoms with Crippen LogP contribution in [-0.2, 0) is 0 Å². The number of hydrogen-bond donors (Lipinski definition) is 2. The first-order valence-electron chi connectivity index (χ1n) is 4.84. The van der Waals surface area contributed by atoms with Gasteiger partial charge in [0.05, 0.1) is 11.7 Å². The van der Waals surface area contributed by atoms with E-state index >= 15 is 0 Å². The van der Waals surface area contributed by atoms with Gasteiger partial charge in [0.15, 0.2) is 11.4 Å². The third-order valence-electron chi connectivity index (χ3n) is 2.19. The van der Waals surface area contributed by atoms with Crippen LogP contribution in [0.2, 0.25) is 0 Å². The van der Waals surface area contributed by atoms with Gasteiger partial charge in [-0.25, -0.2) is 4.98 Å². The van der Waals surface area contributed by atoms with Gasteiger partial charge < -0.3 is 16.2 Å². The van der Waals surface area contributed by atoms with E-state index in [4.69, 9.17) is 16.2 Å². The molecule has 1 fully saturated rings. The molecule has 2 rings (SSSR count). The molecule has 6 heteroatoms. The number of primary amides is 2. The SMILES string of the molecule is NC(=O)c1cnc(C(N)=O)c(OC2CC2)c1. The van der Waals surface area contributed by atoms with Crippen molar-refractivity contribution in [2.24, 2.45) is 11.5 Å². The molecule has 84 valence electrons. The van der Waals surface area contributed by atoms with E-state index in [1.807, 2.05) is 0 Å². The molecule has 1 aliphatic rings. The zero-order chi connectivity index (χ0) is 11.7. The fraction of sp³-hybridized carbons (Fsp3) is 0.300. The van der Waals surface area contributed by atoms with Crippen LogP contribution in [0.5, 0.6) is 5.75 Å². The Morgan fingerprint density at radius 3 is 2.50 bits per heavy atom. The van der Waals surface area contributed by atoms with E-state index in [-0.39, 0.29) is 23.1 Å². The molecule has 0 aliphatic heterocycles. The second-order valence-corrected chi connectivity index (χ2v) is 3.62. The molecule has 1 aromatic rings. The summed E-state index contributed by atoms with van der Waals surface area (Å²) in [5.74, 6) is -1.08. The van der Waals surface area contributed by atoms with Crippen molar-refractivity contribution in [2.45, 2.75) is 18.9 Å². The fourth-order valence-corrected chi connectivity index (χ4v) is 1.22. The maximum absolute atomic E-state index is 11.1. The van der Waals surface area contributed by atoms with Crippen LogP contribution < -0.4 is 16.2 Å². The van der Waals surface area contributed by atoms with Crippen molar-refractivity contribution in [3.8, 4) is 5.75 Å². The number of amides is 2. The standard InChI is InChI=1S/C10H11N3O3/c11-9(14)5-3-7(16-6-1-2-6)8(10(12)15)13-4-5/h3-4,6H,1-2H2,(H2,11,14)(H2,12,15). The van der Waals surface area contributed by atoms with Gasteiger partial charge in [0.25, 0.3) is 5.91 Å². The summed E-state index contributed by atoms with van der Waals surface area (Å²) in [7, 11) is 0. The Morgan fingerprint density at radius 1 is 1.31 bits per heavy atom. The number of carbonyl (C=O) groups excluding carboxylic acids is 2. The van der Waals surface area contributed by atoms with Crippen molar-refractivity contribution in [2.75, 3.05) is 0 Å². The molecule has 16 heavy (non-hydrogen) atoms. The normalized spacial score (nSPS) is 14.5. The van der Waals surface area contributed by atoms with Gasteiger partial charge in [-0.05, 0) is 18.9 Å². The summed E-state index contributed by atoms with van der Waals surface area (Å²) in [5, 5.41) is 0. The minimum Gasteiger partial charge on any atom is -0.488 e. The number of nitrogens with zero attached hydrogens (tertiary/aromatic N) is 1. The fourth-order valence-electron chi connectivity index (χ4n) is 1.22. The van der Waals surface area contributed by atoms with Gasteiger partial charge in [0.1, 0.15) is 0 Å². The minimum absolute atomic E-state index is 0.0249. The summed E-state index contributed by atoms with van der Waals surface area (Å²) in [6.45, 7) is 0. The average Bonchev–Trinajstić information content (AvgIpc) is 3.01. The first-order chi connectivity index (χ1) is 7.58. The Bertz CT molecular complexity index is 455. The molecule has 0 unspecified atom stereocenters. The first kappa shape index (κ1) is 10.4. The van der Waals surface area contributed by atoms with Crippen LogP contribution in [0.25, 0.3) is 0 Å². The van der Waals surface area contributed by atoms with E-state index in [1.165, 1.54) is 12.3 Å². The van der Waals surface area contributed by atoms with Crippen LogP contribution in [0, 0.1) is 0 Å². The Morgan fingerprint density at radius 2 is 2.00 bits per heavy atom. The maximum atomic E-state index is 11.1. The molecule has 4 N–H and O–H groups in total. The van der Waals surface area contributed by atoms with Crippen molar-refractivity contribution in [1.82, 2.24) is 4.98 Å². The van der Waals surface area contributed by atoms with Crippen molar-refractivity contribution in [3.05, 3.63) is 23.5 Å². The minimum atomic E-state index is -0.688. The van der Waals surface area contributed by atoms with Gasteiger partial charge in [0, 0.05) is 6.20 Å². The highest BCUT2D eigenvalue weighted by atomic mass is 16.5. The van der Waals surface area contributed by atoms with Crippen LogP contribution >= 0.6 is 0 Å². The highest BCUT2D eigenvalue weighted by molar-refractivity contribution is 5.97. The number of nitrogens with two attached hydrogens (primary N) is 2. The molecule has 6 nitrogen and oxygen atoms in total. The Hall–Kier alpha value is -2.11. The van der Waals surface area contributed by atoms with Crippen LogP contribution in [0.3, 0.4) is 0 Å². The predicted octanol–water partition coefficient (Wildman–Crippen LogP) is -0.179. The number of pyridine rings is 1. The highest BCUT2D eigenvalue weighted by Crippen LogP contribution is 2.28. The number of hydrogen-bond acceptors (Lipinski definition) is 4. The molecule has 0 spiro atoms. The monoisotopic (exact) mass is 221 g/mol. The zero-order valence-electron chi connectivity index (χ0n) is 8.47. The van der Waals surface area contributed by atoms with Gasteiger partial charge in [-0.3, -0.25) is 9.59 Å². The smallest absolute Gasteiger partial charge is 0.271 e. The summed E-state index contributed by atoms with van der Waals surface area (Å²) in [6.07, 6.45) is 3.16. The third-order valence-corrected chi connectivity index (χ3v) is 2.19. The van der Waals surface area contributed by atoms with Gasteiger partial charge >= 0.3 is 0 Å². The van der Waals surface area contributed by atoms with Crippen molar-refractivity contribution < 1.29 is 14.3 Å². The van der Waals surface area contributed by atoms with Crippen LogP contribution in [0.4, 0.5) is 0 Å².